The predicted molar refractivity (Wildman–Crippen MR) is 142 cm³/mol. The summed E-state index contributed by atoms with van der Waals surface area (Å²) in [5, 5.41) is 6.02. The molecule has 4 rings (SSSR count). The minimum Gasteiger partial charge on any atom is -0.436 e. The third-order valence-corrected chi connectivity index (χ3v) is 6.25. The van der Waals surface area contributed by atoms with Gasteiger partial charge in [0.25, 0.3) is 5.91 Å². The number of benzene rings is 3. The molecule has 34 heavy (non-hydrogen) atoms. The molecule has 1 atom stereocenters. The van der Waals surface area contributed by atoms with Crippen molar-refractivity contribution in [2.24, 2.45) is 0 Å². The Morgan fingerprint density at radius 3 is 2.29 bits per heavy atom. The number of hydrogen-bond donors (Lipinski definition) is 2. The summed E-state index contributed by atoms with van der Waals surface area (Å²) in [5.74, 6) is 1.23. The normalized spacial score (nSPS) is 12.0. The Labute approximate surface area is 205 Å². The molecule has 4 aromatic rings. The fourth-order valence-electron chi connectivity index (χ4n) is 3.66. The number of fused-ring (bicyclic) bond motifs is 1. The molecule has 3 aromatic carbocycles. The predicted octanol–water partition coefficient (Wildman–Crippen LogP) is 7.26. The van der Waals surface area contributed by atoms with Crippen LogP contribution in [0, 0.1) is 0 Å². The number of nitrogens with zero attached hydrogens (tertiary/aromatic N) is 1. The molecule has 0 fully saturated rings. The second-order valence-electron chi connectivity index (χ2n) is 8.82. The van der Waals surface area contributed by atoms with Crippen LogP contribution in [-0.2, 0) is 0 Å². The first-order chi connectivity index (χ1) is 16.3. The highest BCUT2D eigenvalue weighted by molar-refractivity contribution is 7.80. The Balaban J connectivity index is 1.40. The van der Waals surface area contributed by atoms with E-state index in [4.69, 9.17) is 16.6 Å². The standard InChI is InChI=1S/C28H29N3O2S/c1-5-18(4)22-12-15-25-24(16-22)30-27(33-25)21-10-13-23(14-11-21)29-28(34)31-26(32)20-8-6-19(7-9-20)17(2)3/h6-18H,5H2,1-4H3,(H2,29,31,32,34)/t18-/m0/s1. The SMILES string of the molecule is CC[C@H](C)c1ccc2oc(-c3ccc(NC(=S)NC(=O)c4ccc(C(C)C)cc4)cc3)nc2c1. The van der Waals surface area contributed by atoms with Crippen molar-refractivity contribution >= 4 is 40.0 Å². The van der Waals surface area contributed by atoms with Crippen LogP contribution in [-0.4, -0.2) is 16.0 Å². The molecule has 0 saturated carbocycles. The van der Waals surface area contributed by atoms with Crippen LogP contribution in [0.25, 0.3) is 22.6 Å². The summed E-state index contributed by atoms with van der Waals surface area (Å²) < 4.78 is 5.95. The van der Waals surface area contributed by atoms with E-state index in [1.807, 2.05) is 54.6 Å². The zero-order valence-electron chi connectivity index (χ0n) is 19.9. The summed E-state index contributed by atoms with van der Waals surface area (Å²) in [5.41, 5.74) is 6.28. The van der Waals surface area contributed by atoms with Crippen LogP contribution < -0.4 is 10.6 Å². The number of carbonyl (C=O) groups excluding carboxylic acids is 1. The average molecular weight is 472 g/mol. The van der Waals surface area contributed by atoms with E-state index in [-0.39, 0.29) is 11.0 Å². The highest BCUT2D eigenvalue weighted by atomic mass is 32.1. The van der Waals surface area contributed by atoms with Crippen molar-refractivity contribution in [1.29, 1.82) is 0 Å². The van der Waals surface area contributed by atoms with Crippen LogP contribution in [0.15, 0.2) is 71.1 Å². The Morgan fingerprint density at radius 2 is 1.65 bits per heavy atom. The van der Waals surface area contributed by atoms with Crippen LogP contribution in [0.4, 0.5) is 5.69 Å². The molecular formula is C28H29N3O2S. The van der Waals surface area contributed by atoms with Crippen LogP contribution in [0.3, 0.4) is 0 Å². The van der Waals surface area contributed by atoms with E-state index >= 15 is 0 Å². The molecule has 0 aliphatic rings. The number of anilines is 1. The quantitative estimate of drug-likeness (QED) is 0.290. The summed E-state index contributed by atoms with van der Waals surface area (Å²) in [7, 11) is 0. The lowest BCUT2D eigenvalue weighted by molar-refractivity contribution is 0.0977. The fraction of sp³-hybridized carbons (Fsp3) is 0.250. The van der Waals surface area contributed by atoms with Crippen LogP contribution in [0.2, 0.25) is 0 Å². The molecule has 0 aliphatic heterocycles. The van der Waals surface area contributed by atoms with Crippen LogP contribution >= 0.6 is 12.2 Å². The van der Waals surface area contributed by atoms with Gasteiger partial charge in [-0.2, -0.15) is 0 Å². The lowest BCUT2D eigenvalue weighted by Crippen LogP contribution is -2.34. The van der Waals surface area contributed by atoms with E-state index in [1.54, 1.807) is 0 Å². The number of nitrogens with one attached hydrogen (secondary N) is 2. The summed E-state index contributed by atoms with van der Waals surface area (Å²) in [6, 6.07) is 21.3. The van der Waals surface area contributed by atoms with E-state index in [2.05, 4.69) is 55.4 Å². The summed E-state index contributed by atoms with van der Waals surface area (Å²) in [6.07, 6.45) is 1.08. The van der Waals surface area contributed by atoms with Crippen molar-refractivity contribution < 1.29 is 9.21 Å². The topological polar surface area (TPSA) is 67.2 Å². The smallest absolute Gasteiger partial charge is 0.257 e. The minimum absolute atomic E-state index is 0.241. The maximum absolute atomic E-state index is 12.5. The third kappa shape index (κ3) is 5.34. The van der Waals surface area contributed by atoms with E-state index < -0.39 is 0 Å². The number of oxazole rings is 1. The van der Waals surface area contributed by atoms with Gasteiger partial charge < -0.3 is 9.73 Å². The molecule has 0 saturated heterocycles. The maximum atomic E-state index is 12.5. The number of amides is 1. The molecule has 6 heteroatoms. The molecule has 0 radical (unpaired) electrons. The Morgan fingerprint density at radius 1 is 0.971 bits per heavy atom. The van der Waals surface area contributed by atoms with Crippen LogP contribution in [0.5, 0.6) is 0 Å². The zero-order chi connectivity index (χ0) is 24.2. The minimum atomic E-state index is -0.243. The zero-order valence-corrected chi connectivity index (χ0v) is 20.7. The lowest BCUT2D eigenvalue weighted by Gasteiger charge is -2.11. The van der Waals surface area contributed by atoms with Crippen LogP contribution in [0.1, 0.15) is 67.4 Å². The first-order valence-electron chi connectivity index (χ1n) is 11.6. The number of carbonyl (C=O) groups is 1. The third-order valence-electron chi connectivity index (χ3n) is 6.05. The van der Waals surface area contributed by atoms with Gasteiger partial charge in [-0.05, 0) is 90.1 Å². The molecule has 0 bridgehead atoms. The van der Waals surface area contributed by atoms with Gasteiger partial charge in [0.15, 0.2) is 10.7 Å². The van der Waals surface area contributed by atoms with Gasteiger partial charge in [-0.25, -0.2) is 4.98 Å². The first kappa shape index (κ1) is 23.6. The Hall–Kier alpha value is -3.51. The van der Waals surface area contributed by atoms with E-state index in [9.17, 15) is 4.79 Å². The molecule has 174 valence electrons. The molecule has 1 amide bonds. The number of rotatable bonds is 6. The molecule has 0 aliphatic carbocycles. The number of thiocarbonyl (C=S) groups is 1. The van der Waals surface area contributed by atoms with Gasteiger partial charge in [0.2, 0.25) is 5.89 Å². The second-order valence-corrected chi connectivity index (χ2v) is 9.23. The molecule has 2 N–H and O–H groups in total. The molecule has 0 spiro atoms. The number of hydrogen-bond acceptors (Lipinski definition) is 4. The monoisotopic (exact) mass is 471 g/mol. The largest absolute Gasteiger partial charge is 0.436 e. The van der Waals surface area contributed by atoms with Crippen molar-refractivity contribution in [1.82, 2.24) is 10.3 Å². The molecule has 1 aromatic heterocycles. The van der Waals surface area contributed by atoms with Gasteiger partial charge in [-0.15, -0.1) is 0 Å². The van der Waals surface area contributed by atoms with Gasteiger partial charge in [-0.1, -0.05) is 45.9 Å². The van der Waals surface area contributed by atoms with Crippen molar-refractivity contribution in [2.45, 2.75) is 46.0 Å². The molecule has 5 nitrogen and oxygen atoms in total. The Kier molecular flexibility index (Phi) is 7.08. The van der Waals surface area contributed by atoms with Gasteiger partial charge in [0, 0.05) is 16.8 Å². The molecular weight excluding hydrogens is 442 g/mol. The van der Waals surface area contributed by atoms with Crippen molar-refractivity contribution in [2.75, 3.05) is 5.32 Å². The first-order valence-corrected chi connectivity index (χ1v) is 12.0. The summed E-state index contributed by atoms with van der Waals surface area (Å²) >= 11 is 5.32. The van der Waals surface area contributed by atoms with Crippen molar-refractivity contribution in [3.8, 4) is 11.5 Å². The van der Waals surface area contributed by atoms with E-state index in [0.717, 1.165) is 28.8 Å². The van der Waals surface area contributed by atoms with Gasteiger partial charge in [-0.3, -0.25) is 10.1 Å². The Bertz CT molecular complexity index is 1310. The van der Waals surface area contributed by atoms with Crippen molar-refractivity contribution in [3.05, 3.63) is 83.4 Å². The van der Waals surface area contributed by atoms with Crippen molar-refractivity contribution in [3.63, 3.8) is 0 Å². The average Bonchev–Trinajstić information content (AvgIpc) is 3.27. The highest BCUT2D eigenvalue weighted by Gasteiger charge is 2.12. The fourth-order valence-corrected chi connectivity index (χ4v) is 3.87. The summed E-state index contributed by atoms with van der Waals surface area (Å²) in [6.45, 7) is 8.63. The second kappa shape index (κ2) is 10.2. The van der Waals surface area contributed by atoms with E-state index in [0.29, 0.717) is 23.3 Å². The molecule has 1 heterocycles. The maximum Gasteiger partial charge on any atom is 0.257 e. The summed E-state index contributed by atoms with van der Waals surface area (Å²) in [4.78, 5) is 17.1. The van der Waals surface area contributed by atoms with Gasteiger partial charge in [0.05, 0.1) is 0 Å². The van der Waals surface area contributed by atoms with Gasteiger partial charge in [0.1, 0.15) is 5.52 Å². The lowest BCUT2D eigenvalue weighted by atomic mass is 9.98. The van der Waals surface area contributed by atoms with E-state index in [1.165, 1.54) is 11.1 Å². The number of aromatic nitrogens is 1. The molecule has 0 unspecified atom stereocenters. The highest BCUT2D eigenvalue weighted by Crippen LogP contribution is 2.28. The van der Waals surface area contributed by atoms with Gasteiger partial charge >= 0.3 is 0 Å².